The zero-order valence-electron chi connectivity index (χ0n) is 12.5. The van der Waals surface area contributed by atoms with Gasteiger partial charge < -0.3 is 10.1 Å². The molecule has 2 rings (SSSR count). The Labute approximate surface area is 124 Å². The lowest BCUT2D eigenvalue weighted by molar-refractivity contribution is -0.117. The lowest BCUT2D eigenvalue weighted by atomic mass is 10.3. The molecule has 0 saturated heterocycles. The zero-order chi connectivity index (χ0) is 15.2. The first-order valence-electron chi connectivity index (χ1n) is 6.67. The highest BCUT2D eigenvalue weighted by Gasteiger charge is 2.10. The fraction of sp³-hybridized carbons (Fsp3) is 0.333. The highest BCUT2D eigenvalue weighted by Crippen LogP contribution is 2.22. The number of hydrogen-bond donors (Lipinski definition) is 1. The smallest absolute Gasteiger partial charge is 0.238 e. The number of rotatable bonds is 6. The average molecular weight is 288 g/mol. The van der Waals surface area contributed by atoms with Gasteiger partial charge in [0, 0.05) is 25.4 Å². The minimum absolute atomic E-state index is 0.0779. The lowest BCUT2D eigenvalue weighted by Gasteiger charge is -2.16. The van der Waals surface area contributed by atoms with Crippen molar-refractivity contribution >= 4 is 11.6 Å². The number of methoxy groups -OCH3 is 1. The van der Waals surface area contributed by atoms with E-state index in [1.54, 1.807) is 18.0 Å². The van der Waals surface area contributed by atoms with Gasteiger partial charge in [0.25, 0.3) is 0 Å². The molecular weight excluding hydrogens is 268 g/mol. The predicted octanol–water partition coefficient (Wildman–Crippen LogP) is 1.50. The zero-order valence-corrected chi connectivity index (χ0v) is 12.5. The summed E-state index contributed by atoms with van der Waals surface area (Å²) in [5.41, 5.74) is 1.75. The second kappa shape index (κ2) is 6.90. The lowest BCUT2D eigenvalue weighted by Crippen LogP contribution is -2.29. The number of aromatic nitrogens is 2. The maximum Gasteiger partial charge on any atom is 0.238 e. The van der Waals surface area contributed by atoms with E-state index >= 15 is 0 Å². The summed E-state index contributed by atoms with van der Waals surface area (Å²) in [6.45, 7) is 0.972. The fourth-order valence-electron chi connectivity index (χ4n) is 2.10. The van der Waals surface area contributed by atoms with E-state index in [0.29, 0.717) is 24.5 Å². The third kappa shape index (κ3) is 4.32. The number of para-hydroxylation sites is 2. The molecular formula is C15H20N4O2. The molecule has 0 aliphatic carbocycles. The Balaban J connectivity index is 1.89. The van der Waals surface area contributed by atoms with Crippen LogP contribution in [0.1, 0.15) is 5.56 Å². The maximum absolute atomic E-state index is 12.1. The number of nitrogens with zero attached hydrogens (tertiary/aromatic N) is 3. The first-order valence-corrected chi connectivity index (χ1v) is 6.67. The quantitative estimate of drug-likeness (QED) is 0.875. The summed E-state index contributed by atoms with van der Waals surface area (Å²) in [5, 5.41) is 6.97. The van der Waals surface area contributed by atoms with Gasteiger partial charge >= 0.3 is 0 Å². The number of ether oxygens (including phenoxy) is 1. The van der Waals surface area contributed by atoms with Crippen molar-refractivity contribution in [3.05, 3.63) is 42.2 Å². The first-order chi connectivity index (χ1) is 10.1. The SMILES string of the molecule is COc1ccccc1NC(=O)CN(C)Cc1cnn(C)c1. The van der Waals surface area contributed by atoms with Crippen molar-refractivity contribution < 1.29 is 9.53 Å². The molecule has 2 aromatic rings. The van der Waals surface area contributed by atoms with Gasteiger partial charge in [-0.3, -0.25) is 14.4 Å². The van der Waals surface area contributed by atoms with Gasteiger partial charge in [0.15, 0.2) is 0 Å². The molecule has 1 aromatic heterocycles. The number of anilines is 1. The number of benzene rings is 1. The Morgan fingerprint density at radius 1 is 1.43 bits per heavy atom. The summed E-state index contributed by atoms with van der Waals surface area (Å²) >= 11 is 0. The summed E-state index contributed by atoms with van der Waals surface area (Å²) in [4.78, 5) is 14.0. The normalized spacial score (nSPS) is 10.7. The topological polar surface area (TPSA) is 59.4 Å². The summed E-state index contributed by atoms with van der Waals surface area (Å²) in [5.74, 6) is 0.576. The summed E-state index contributed by atoms with van der Waals surface area (Å²) in [6.07, 6.45) is 3.74. The van der Waals surface area contributed by atoms with Crippen LogP contribution in [-0.4, -0.2) is 41.3 Å². The summed E-state index contributed by atoms with van der Waals surface area (Å²) < 4.78 is 6.96. The molecule has 21 heavy (non-hydrogen) atoms. The Morgan fingerprint density at radius 2 is 2.19 bits per heavy atom. The van der Waals surface area contributed by atoms with E-state index in [1.807, 2.05) is 49.5 Å². The van der Waals surface area contributed by atoms with E-state index in [9.17, 15) is 4.79 Å². The number of carbonyl (C=O) groups is 1. The van der Waals surface area contributed by atoms with Crippen LogP contribution in [0.15, 0.2) is 36.7 Å². The molecule has 0 atom stereocenters. The number of likely N-dealkylation sites (N-methyl/N-ethyl adjacent to an activating group) is 1. The van der Waals surface area contributed by atoms with Crippen LogP contribution in [-0.2, 0) is 18.4 Å². The number of amides is 1. The third-order valence-corrected chi connectivity index (χ3v) is 3.01. The van der Waals surface area contributed by atoms with Gasteiger partial charge in [-0.25, -0.2) is 0 Å². The molecule has 0 saturated carbocycles. The van der Waals surface area contributed by atoms with Crippen molar-refractivity contribution in [1.82, 2.24) is 14.7 Å². The van der Waals surface area contributed by atoms with Crippen LogP contribution < -0.4 is 10.1 Å². The van der Waals surface area contributed by atoms with Crippen molar-refractivity contribution in [2.45, 2.75) is 6.54 Å². The second-order valence-electron chi connectivity index (χ2n) is 4.94. The van der Waals surface area contributed by atoms with E-state index in [2.05, 4.69) is 10.4 Å². The van der Waals surface area contributed by atoms with Crippen molar-refractivity contribution in [2.75, 3.05) is 26.0 Å². The molecule has 0 radical (unpaired) electrons. The van der Waals surface area contributed by atoms with Gasteiger partial charge in [0.2, 0.25) is 5.91 Å². The van der Waals surface area contributed by atoms with Crippen molar-refractivity contribution in [3.63, 3.8) is 0 Å². The number of carbonyl (C=O) groups excluding carboxylic acids is 1. The second-order valence-corrected chi connectivity index (χ2v) is 4.94. The summed E-state index contributed by atoms with van der Waals surface area (Å²) in [6, 6.07) is 7.35. The van der Waals surface area contributed by atoms with Crippen LogP contribution in [0.25, 0.3) is 0 Å². The predicted molar refractivity (Wildman–Crippen MR) is 81.2 cm³/mol. The molecule has 0 spiro atoms. The highest BCUT2D eigenvalue weighted by atomic mass is 16.5. The number of hydrogen-bond acceptors (Lipinski definition) is 4. The van der Waals surface area contributed by atoms with Gasteiger partial charge in [0.05, 0.1) is 25.5 Å². The maximum atomic E-state index is 12.1. The van der Waals surface area contributed by atoms with Crippen LogP contribution in [0.3, 0.4) is 0 Å². The average Bonchev–Trinajstić information content (AvgIpc) is 2.84. The molecule has 6 nitrogen and oxygen atoms in total. The number of nitrogens with one attached hydrogen (secondary N) is 1. The Kier molecular flexibility index (Phi) is 4.94. The highest BCUT2D eigenvalue weighted by molar-refractivity contribution is 5.93. The standard InChI is InChI=1S/C15H20N4O2/c1-18(9-12-8-16-19(2)10-12)11-15(20)17-13-6-4-5-7-14(13)21-3/h4-8,10H,9,11H2,1-3H3,(H,17,20). The van der Waals surface area contributed by atoms with Crippen LogP contribution in [0, 0.1) is 0 Å². The summed E-state index contributed by atoms with van der Waals surface area (Å²) in [7, 11) is 5.35. The van der Waals surface area contributed by atoms with E-state index in [1.165, 1.54) is 0 Å². The first kappa shape index (κ1) is 15.1. The molecule has 0 bridgehead atoms. The van der Waals surface area contributed by atoms with Gasteiger partial charge in [-0.2, -0.15) is 5.10 Å². The monoisotopic (exact) mass is 288 g/mol. The molecule has 0 fully saturated rings. The molecule has 1 N–H and O–H groups in total. The van der Waals surface area contributed by atoms with Crippen molar-refractivity contribution in [3.8, 4) is 5.75 Å². The van der Waals surface area contributed by atoms with Crippen LogP contribution >= 0.6 is 0 Å². The molecule has 1 heterocycles. The largest absolute Gasteiger partial charge is 0.495 e. The van der Waals surface area contributed by atoms with Crippen LogP contribution in [0.4, 0.5) is 5.69 Å². The van der Waals surface area contributed by atoms with Crippen molar-refractivity contribution in [1.29, 1.82) is 0 Å². The van der Waals surface area contributed by atoms with E-state index < -0.39 is 0 Å². The Bertz CT molecular complexity index is 609. The fourth-order valence-corrected chi connectivity index (χ4v) is 2.10. The Morgan fingerprint density at radius 3 is 2.86 bits per heavy atom. The van der Waals surface area contributed by atoms with Gasteiger partial charge in [-0.15, -0.1) is 0 Å². The number of aryl methyl sites for hydroxylation is 1. The van der Waals surface area contributed by atoms with Crippen LogP contribution in [0.5, 0.6) is 5.75 Å². The Hall–Kier alpha value is -2.34. The van der Waals surface area contributed by atoms with Gasteiger partial charge in [0.1, 0.15) is 5.75 Å². The van der Waals surface area contributed by atoms with E-state index in [-0.39, 0.29) is 5.91 Å². The molecule has 6 heteroatoms. The van der Waals surface area contributed by atoms with E-state index in [4.69, 9.17) is 4.74 Å². The van der Waals surface area contributed by atoms with Crippen LogP contribution in [0.2, 0.25) is 0 Å². The van der Waals surface area contributed by atoms with Crippen molar-refractivity contribution in [2.24, 2.45) is 7.05 Å². The molecule has 1 aromatic carbocycles. The van der Waals surface area contributed by atoms with Gasteiger partial charge in [-0.05, 0) is 19.2 Å². The molecule has 1 amide bonds. The molecule has 0 unspecified atom stereocenters. The molecule has 0 aliphatic heterocycles. The third-order valence-electron chi connectivity index (χ3n) is 3.01. The minimum Gasteiger partial charge on any atom is -0.495 e. The molecule has 0 aliphatic rings. The molecule has 112 valence electrons. The van der Waals surface area contributed by atoms with E-state index in [0.717, 1.165) is 5.56 Å². The minimum atomic E-state index is -0.0779. The van der Waals surface area contributed by atoms with Gasteiger partial charge in [-0.1, -0.05) is 12.1 Å².